The van der Waals surface area contributed by atoms with Gasteiger partial charge in [-0.1, -0.05) is 20.8 Å². The van der Waals surface area contributed by atoms with E-state index >= 15 is 0 Å². The summed E-state index contributed by atoms with van der Waals surface area (Å²) < 4.78 is 25.1. The van der Waals surface area contributed by atoms with E-state index < -0.39 is 9.84 Å². The van der Waals surface area contributed by atoms with Crippen LogP contribution >= 0.6 is 0 Å². The minimum atomic E-state index is -2.96. The molecule has 2 aromatic heterocycles. The molecule has 1 atom stereocenters. The number of nitrogen functional groups attached to an aromatic ring is 1. The van der Waals surface area contributed by atoms with Crippen LogP contribution in [-0.4, -0.2) is 39.9 Å². The summed E-state index contributed by atoms with van der Waals surface area (Å²) in [6.07, 6.45) is 0.579. The van der Waals surface area contributed by atoms with E-state index in [-0.39, 0.29) is 23.0 Å². The number of sulfone groups is 1. The van der Waals surface area contributed by atoms with Gasteiger partial charge in [0.1, 0.15) is 5.82 Å². The molecule has 1 saturated heterocycles. The van der Waals surface area contributed by atoms with Gasteiger partial charge in [0.2, 0.25) is 0 Å². The topological polar surface area (TPSA) is 107 Å². The number of nitrogens with zero attached hydrogens (tertiary/aromatic N) is 3. The van der Waals surface area contributed by atoms with Gasteiger partial charge < -0.3 is 5.73 Å². The molecule has 0 spiro atoms. The molecule has 1 unspecified atom stereocenters. The van der Waals surface area contributed by atoms with Crippen LogP contribution in [0.2, 0.25) is 0 Å². The van der Waals surface area contributed by atoms with Crippen LogP contribution in [0.15, 0.2) is 0 Å². The van der Waals surface area contributed by atoms with E-state index in [0.29, 0.717) is 17.9 Å². The maximum Gasteiger partial charge on any atom is 0.182 e. The standard InChI is InChI=1S/C12H19N5O2S/c1-12(2,3)9-8-10(13)14-15-11(8)17(16-9)7-4-5-20(18,19)6-7/h7H,4-6H2,1-3H3,(H3,13,14,15). The number of fused-ring (bicyclic) bond motifs is 1. The van der Waals surface area contributed by atoms with Crippen molar-refractivity contribution in [3.8, 4) is 0 Å². The zero-order valence-corrected chi connectivity index (χ0v) is 12.7. The van der Waals surface area contributed by atoms with Crippen molar-refractivity contribution in [2.24, 2.45) is 0 Å². The summed E-state index contributed by atoms with van der Waals surface area (Å²) in [5.41, 5.74) is 7.27. The van der Waals surface area contributed by atoms with Crippen LogP contribution in [0.25, 0.3) is 11.0 Å². The molecule has 0 amide bonds. The highest BCUT2D eigenvalue weighted by molar-refractivity contribution is 7.91. The van der Waals surface area contributed by atoms with E-state index in [1.807, 2.05) is 0 Å². The Morgan fingerprint density at radius 3 is 2.65 bits per heavy atom. The molecule has 0 radical (unpaired) electrons. The Hall–Kier alpha value is -1.57. The molecule has 3 heterocycles. The minimum Gasteiger partial charge on any atom is -0.383 e. The molecule has 20 heavy (non-hydrogen) atoms. The molecule has 1 aliphatic heterocycles. The Bertz CT molecular complexity index is 766. The second-order valence-electron chi connectivity index (χ2n) is 6.44. The van der Waals surface area contributed by atoms with Crippen molar-refractivity contribution in [1.82, 2.24) is 20.0 Å². The van der Waals surface area contributed by atoms with Gasteiger partial charge in [0.25, 0.3) is 0 Å². The fourth-order valence-corrected chi connectivity index (χ4v) is 4.39. The van der Waals surface area contributed by atoms with E-state index in [9.17, 15) is 8.42 Å². The molecule has 0 aliphatic carbocycles. The van der Waals surface area contributed by atoms with Crippen molar-refractivity contribution >= 4 is 26.7 Å². The number of hydrogen-bond acceptors (Lipinski definition) is 5. The SMILES string of the molecule is CC(C)(C)c1nn(C2CCS(=O)(=O)C2)c2n[nH]c(N)c12. The van der Waals surface area contributed by atoms with Gasteiger partial charge in [-0.05, 0) is 6.42 Å². The molecule has 3 rings (SSSR count). The summed E-state index contributed by atoms with van der Waals surface area (Å²) in [6, 6.07) is -0.152. The van der Waals surface area contributed by atoms with Crippen molar-refractivity contribution in [2.45, 2.75) is 38.6 Å². The normalized spacial score (nSPS) is 22.6. The number of hydrogen-bond donors (Lipinski definition) is 2. The lowest BCUT2D eigenvalue weighted by molar-refractivity contribution is 0.482. The second kappa shape index (κ2) is 3.97. The van der Waals surface area contributed by atoms with Crippen LogP contribution in [-0.2, 0) is 15.3 Å². The molecule has 0 bridgehead atoms. The number of aromatic nitrogens is 4. The van der Waals surface area contributed by atoms with Crippen LogP contribution in [0.1, 0.15) is 38.9 Å². The van der Waals surface area contributed by atoms with Crippen molar-refractivity contribution in [3.05, 3.63) is 5.69 Å². The van der Waals surface area contributed by atoms with Crippen molar-refractivity contribution in [3.63, 3.8) is 0 Å². The summed E-state index contributed by atoms with van der Waals surface area (Å²) >= 11 is 0. The molecule has 110 valence electrons. The Morgan fingerprint density at radius 1 is 1.40 bits per heavy atom. The van der Waals surface area contributed by atoms with Gasteiger partial charge in [0, 0.05) is 5.41 Å². The lowest BCUT2D eigenvalue weighted by atomic mass is 9.91. The molecular weight excluding hydrogens is 278 g/mol. The Morgan fingerprint density at radius 2 is 2.10 bits per heavy atom. The van der Waals surface area contributed by atoms with Gasteiger partial charge in [0.05, 0.1) is 28.6 Å². The highest BCUT2D eigenvalue weighted by atomic mass is 32.2. The molecule has 1 aliphatic rings. The Balaban J connectivity index is 2.18. The third-order valence-corrected chi connectivity index (χ3v) is 5.45. The van der Waals surface area contributed by atoms with Crippen LogP contribution in [0.5, 0.6) is 0 Å². The Labute approximate surface area is 117 Å². The molecule has 0 saturated carbocycles. The second-order valence-corrected chi connectivity index (χ2v) is 8.66. The minimum absolute atomic E-state index is 0.125. The number of aromatic amines is 1. The van der Waals surface area contributed by atoms with Gasteiger partial charge in [-0.25, -0.2) is 13.1 Å². The molecule has 0 aromatic carbocycles. The lowest BCUT2D eigenvalue weighted by Crippen LogP contribution is -2.17. The maximum atomic E-state index is 11.7. The molecule has 8 heteroatoms. The molecule has 1 fully saturated rings. The van der Waals surface area contributed by atoms with Crippen LogP contribution in [0.3, 0.4) is 0 Å². The van der Waals surface area contributed by atoms with Crippen LogP contribution in [0.4, 0.5) is 5.82 Å². The zero-order valence-electron chi connectivity index (χ0n) is 11.8. The van der Waals surface area contributed by atoms with E-state index in [1.165, 1.54) is 0 Å². The maximum absolute atomic E-state index is 11.7. The van der Waals surface area contributed by atoms with Crippen molar-refractivity contribution in [1.29, 1.82) is 0 Å². The van der Waals surface area contributed by atoms with E-state index in [4.69, 9.17) is 5.73 Å². The largest absolute Gasteiger partial charge is 0.383 e. The predicted molar refractivity (Wildman–Crippen MR) is 77.3 cm³/mol. The van der Waals surface area contributed by atoms with Crippen molar-refractivity contribution < 1.29 is 8.42 Å². The summed E-state index contributed by atoms with van der Waals surface area (Å²) in [5, 5.41) is 12.4. The highest BCUT2D eigenvalue weighted by Gasteiger charge is 2.34. The first kappa shape index (κ1) is 13.4. The first-order valence-corrected chi connectivity index (χ1v) is 8.44. The summed E-state index contributed by atoms with van der Waals surface area (Å²) in [4.78, 5) is 0. The van der Waals surface area contributed by atoms with Gasteiger partial charge in [-0.3, -0.25) is 5.10 Å². The molecule has 7 nitrogen and oxygen atoms in total. The third-order valence-electron chi connectivity index (χ3n) is 3.70. The summed E-state index contributed by atoms with van der Waals surface area (Å²) in [7, 11) is -2.96. The van der Waals surface area contributed by atoms with E-state index in [2.05, 4.69) is 36.1 Å². The average molecular weight is 297 g/mol. The van der Waals surface area contributed by atoms with Crippen LogP contribution in [0, 0.1) is 0 Å². The molecule has 3 N–H and O–H groups in total. The average Bonchev–Trinajstić information content (AvgIpc) is 2.93. The number of H-pyrrole nitrogens is 1. The van der Waals surface area contributed by atoms with E-state index in [1.54, 1.807) is 4.68 Å². The first-order valence-electron chi connectivity index (χ1n) is 6.62. The highest BCUT2D eigenvalue weighted by Crippen LogP contribution is 2.35. The quantitative estimate of drug-likeness (QED) is 0.816. The number of nitrogens with two attached hydrogens (primary N) is 1. The summed E-state index contributed by atoms with van der Waals surface area (Å²) in [5.74, 6) is 0.821. The Kier molecular flexibility index (Phi) is 2.66. The van der Waals surface area contributed by atoms with Gasteiger partial charge >= 0.3 is 0 Å². The van der Waals surface area contributed by atoms with Gasteiger partial charge in [0.15, 0.2) is 15.5 Å². The number of nitrogens with one attached hydrogen (secondary N) is 1. The van der Waals surface area contributed by atoms with Gasteiger partial charge in [-0.2, -0.15) is 10.2 Å². The predicted octanol–water partition coefficient (Wildman–Crippen LogP) is 0.999. The fraction of sp³-hybridized carbons (Fsp3) is 0.667. The fourth-order valence-electron chi connectivity index (χ4n) is 2.70. The monoisotopic (exact) mass is 297 g/mol. The summed E-state index contributed by atoms with van der Waals surface area (Å²) in [6.45, 7) is 6.16. The zero-order chi connectivity index (χ0) is 14.7. The van der Waals surface area contributed by atoms with Gasteiger partial charge in [-0.15, -0.1) is 0 Å². The number of anilines is 1. The van der Waals surface area contributed by atoms with Crippen LogP contribution < -0.4 is 5.73 Å². The van der Waals surface area contributed by atoms with Crippen molar-refractivity contribution in [2.75, 3.05) is 17.2 Å². The molecular formula is C12H19N5O2S. The van der Waals surface area contributed by atoms with E-state index in [0.717, 1.165) is 11.1 Å². The first-order chi connectivity index (χ1) is 9.19. The lowest BCUT2D eigenvalue weighted by Gasteiger charge is -2.16. The molecule has 2 aromatic rings. The third kappa shape index (κ3) is 1.98. The smallest absolute Gasteiger partial charge is 0.182 e. The number of rotatable bonds is 1.